The van der Waals surface area contributed by atoms with Crippen molar-refractivity contribution in [3.05, 3.63) is 56.8 Å². The monoisotopic (exact) mass is 439 g/mol. The third-order valence-electron chi connectivity index (χ3n) is 3.54. The zero-order chi connectivity index (χ0) is 19.6. The molecule has 0 radical (unpaired) electrons. The maximum absolute atomic E-state index is 14.1. The minimum atomic E-state index is -0.856. The van der Waals surface area contributed by atoms with Crippen molar-refractivity contribution in [1.29, 1.82) is 0 Å². The van der Waals surface area contributed by atoms with Crippen molar-refractivity contribution in [3.8, 4) is 5.75 Å². The number of ether oxygens (including phenoxy) is 1. The number of fused-ring (bicyclic) bond motifs is 1. The van der Waals surface area contributed by atoms with Crippen LogP contribution < -0.4 is 15.8 Å². The molecule has 0 aliphatic heterocycles. The molecule has 3 rings (SSSR count). The molecule has 1 heterocycles. The van der Waals surface area contributed by atoms with Crippen LogP contribution in [0.5, 0.6) is 5.75 Å². The predicted molar refractivity (Wildman–Crippen MR) is 98.1 cm³/mol. The number of nitro groups is 1. The number of nitro benzene ring substituents is 1. The van der Waals surface area contributed by atoms with Gasteiger partial charge in [0.1, 0.15) is 24.4 Å². The number of nitrogens with one attached hydrogen (secondary N) is 1. The van der Waals surface area contributed by atoms with E-state index >= 15 is 0 Å². The van der Waals surface area contributed by atoms with E-state index in [1.807, 2.05) is 0 Å². The van der Waals surface area contributed by atoms with Gasteiger partial charge >= 0.3 is 5.69 Å². The normalized spacial score (nSPS) is 10.8. The molecule has 1 aromatic heterocycles. The van der Waals surface area contributed by atoms with Gasteiger partial charge in [0.15, 0.2) is 17.4 Å². The lowest BCUT2D eigenvalue weighted by Gasteiger charge is -2.12. The van der Waals surface area contributed by atoms with Gasteiger partial charge in [-0.05, 0) is 12.1 Å². The molecular formula is C16H12BrF2N5O3. The van der Waals surface area contributed by atoms with Crippen LogP contribution in [0.4, 0.5) is 26.0 Å². The number of halogens is 3. The highest BCUT2D eigenvalue weighted by Crippen LogP contribution is 2.35. The van der Waals surface area contributed by atoms with Gasteiger partial charge in [0.05, 0.1) is 15.8 Å². The molecule has 0 spiro atoms. The minimum absolute atomic E-state index is 0.00796. The van der Waals surface area contributed by atoms with Crippen LogP contribution in [0.1, 0.15) is 0 Å². The van der Waals surface area contributed by atoms with Crippen molar-refractivity contribution in [3.63, 3.8) is 0 Å². The van der Waals surface area contributed by atoms with Crippen molar-refractivity contribution in [2.45, 2.75) is 0 Å². The van der Waals surface area contributed by atoms with E-state index in [-0.39, 0.29) is 40.3 Å². The Bertz CT molecular complexity index is 1010. The molecule has 0 unspecified atom stereocenters. The lowest BCUT2D eigenvalue weighted by molar-refractivity contribution is -0.385. The van der Waals surface area contributed by atoms with Crippen molar-refractivity contribution in [1.82, 2.24) is 9.97 Å². The Morgan fingerprint density at radius 2 is 1.93 bits per heavy atom. The Morgan fingerprint density at radius 1 is 1.22 bits per heavy atom. The van der Waals surface area contributed by atoms with Crippen LogP contribution in [0.3, 0.4) is 0 Å². The number of nitrogens with zero attached hydrogens (tertiary/aromatic N) is 3. The molecule has 3 N–H and O–H groups in total. The Kier molecular flexibility index (Phi) is 5.42. The van der Waals surface area contributed by atoms with E-state index in [2.05, 4.69) is 31.2 Å². The molecule has 0 saturated carbocycles. The fraction of sp³-hybridized carbons (Fsp3) is 0.125. The summed E-state index contributed by atoms with van der Waals surface area (Å²) in [6.07, 6.45) is 1.16. The zero-order valence-corrected chi connectivity index (χ0v) is 15.2. The molecule has 0 amide bonds. The first-order valence-corrected chi connectivity index (χ1v) is 8.37. The molecular weight excluding hydrogens is 428 g/mol. The van der Waals surface area contributed by atoms with Crippen molar-refractivity contribution in [2.24, 2.45) is 5.73 Å². The minimum Gasteiger partial charge on any atom is -0.485 e. The van der Waals surface area contributed by atoms with Crippen LogP contribution in [-0.2, 0) is 0 Å². The summed E-state index contributed by atoms with van der Waals surface area (Å²) >= 11 is 3.00. The van der Waals surface area contributed by atoms with Crippen LogP contribution in [0.25, 0.3) is 10.9 Å². The predicted octanol–water partition coefficient (Wildman–Crippen LogP) is 3.66. The Morgan fingerprint density at radius 3 is 2.56 bits per heavy atom. The average molecular weight is 440 g/mol. The van der Waals surface area contributed by atoms with E-state index in [1.54, 1.807) is 0 Å². The van der Waals surface area contributed by atoms with Crippen molar-refractivity contribution in [2.75, 3.05) is 18.5 Å². The fourth-order valence-electron chi connectivity index (χ4n) is 2.38. The lowest BCUT2D eigenvalue weighted by Crippen LogP contribution is -2.11. The Balaban J connectivity index is 2.12. The fourth-order valence-corrected chi connectivity index (χ4v) is 2.78. The topological polar surface area (TPSA) is 116 Å². The molecule has 0 aliphatic rings. The maximum Gasteiger partial charge on any atom is 0.311 e. The summed E-state index contributed by atoms with van der Waals surface area (Å²) in [5.74, 6) is -1.71. The Labute approximate surface area is 159 Å². The highest BCUT2D eigenvalue weighted by Gasteiger charge is 2.20. The second-order valence-corrected chi connectivity index (χ2v) is 6.24. The molecule has 0 aliphatic carbocycles. The van der Waals surface area contributed by atoms with Gasteiger partial charge in [0.25, 0.3) is 0 Å². The molecule has 11 heteroatoms. The molecule has 8 nitrogen and oxygen atoms in total. The van der Waals surface area contributed by atoms with Gasteiger partial charge in [0, 0.05) is 23.2 Å². The second kappa shape index (κ2) is 7.76. The third-order valence-corrected chi connectivity index (χ3v) is 4.00. The van der Waals surface area contributed by atoms with Gasteiger partial charge in [-0.2, -0.15) is 0 Å². The summed E-state index contributed by atoms with van der Waals surface area (Å²) in [5, 5.41) is 14.1. The van der Waals surface area contributed by atoms with Crippen LogP contribution in [0.15, 0.2) is 35.1 Å². The number of anilines is 2. The van der Waals surface area contributed by atoms with E-state index in [0.717, 1.165) is 18.5 Å². The summed E-state index contributed by atoms with van der Waals surface area (Å²) in [7, 11) is 0. The summed E-state index contributed by atoms with van der Waals surface area (Å²) < 4.78 is 33.7. The second-order valence-electron chi connectivity index (χ2n) is 5.32. The van der Waals surface area contributed by atoms with Crippen LogP contribution in [-0.4, -0.2) is 28.0 Å². The first-order valence-electron chi connectivity index (χ1n) is 7.58. The summed E-state index contributed by atoms with van der Waals surface area (Å²) in [6.45, 7) is 0.256. The number of benzene rings is 2. The number of aromatic nitrogens is 2. The highest BCUT2D eigenvalue weighted by molar-refractivity contribution is 9.10. The summed E-state index contributed by atoms with van der Waals surface area (Å²) in [5.41, 5.74) is 4.87. The molecule has 0 bridgehead atoms. The van der Waals surface area contributed by atoms with Crippen molar-refractivity contribution < 1.29 is 18.4 Å². The molecule has 27 heavy (non-hydrogen) atoms. The van der Waals surface area contributed by atoms with E-state index in [4.69, 9.17) is 10.5 Å². The first-order chi connectivity index (χ1) is 12.9. The van der Waals surface area contributed by atoms with Gasteiger partial charge in [-0.1, -0.05) is 15.9 Å². The molecule has 0 fully saturated rings. The summed E-state index contributed by atoms with van der Waals surface area (Å²) in [4.78, 5) is 18.7. The van der Waals surface area contributed by atoms with E-state index in [0.29, 0.717) is 5.52 Å². The molecule has 2 aromatic carbocycles. The average Bonchev–Trinajstić information content (AvgIpc) is 2.62. The van der Waals surface area contributed by atoms with E-state index in [9.17, 15) is 18.9 Å². The van der Waals surface area contributed by atoms with Crippen LogP contribution in [0.2, 0.25) is 0 Å². The number of hydrogen-bond donors (Lipinski definition) is 2. The molecule has 0 saturated heterocycles. The van der Waals surface area contributed by atoms with Crippen molar-refractivity contribution >= 4 is 44.0 Å². The number of hydrogen-bond acceptors (Lipinski definition) is 7. The maximum atomic E-state index is 14.1. The number of nitrogens with two attached hydrogens (primary N) is 1. The lowest BCUT2D eigenvalue weighted by atomic mass is 10.2. The van der Waals surface area contributed by atoms with Gasteiger partial charge in [-0.15, -0.1) is 0 Å². The smallest absolute Gasteiger partial charge is 0.311 e. The SMILES string of the molecule is NCCOc1cc2ncnc(Nc3c(F)cc(Br)cc3F)c2cc1[N+](=O)[O-]. The van der Waals surface area contributed by atoms with Crippen LogP contribution in [0, 0.1) is 21.7 Å². The standard InChI is InChI=1S/C16H12BrF2N5O3/c17-8-3-10(18)15(11(19)4-8)23-16-9-5-13(24(25)26)14(27-2-1-20)6-12(9)21-7-22-16/h3-7H,1-2,20H2,(H,21,22,23). The largest absolute Gasteiger partial charge is 0.485 e. The van der Waals surface area contributed by atoms with Gasteiger partial charge in [-0.3, -0.25) is 10.1 Å². The van der Waals surface area contributed by atoms with E-state index in [1.165, 1.54) is 12.1 Å². The zero-order valence-electron chi connectivity index (χ0n) is 13.6. The first kappa shape index (κ1) is 18.9. The quantitative estimate of drug-likeness (QED) is 0.444. The van der Waals surface area contributed by atoms with Gasteiger partial charge in [-0.25, -0.2) is 18.7 Å². The Hall–Kier alpha value is -2.92. The van der Waals surface area contributed by atoms with Gasteiger partial charge < -0.3 is 15.8 Å². The number of rotatable bonds is 6. The molecule has 3 aromatic rings. The third kappa shape index (κ3) is 3.93. The summed E-state index contributed by atoms with van der Waals surface area (Å²) in [6, 6.07) is 4.69. The highest BCUT2D eigenvalue weighted by atomic mass is 79.9. The molecule has 140 valence electrons. The molecule has 0 atom stereocenters. The van der Waals surface area contributed by atoms with E-state index < -0.39 is 22.2 Å². The van der Waals surface area contributed by atoms with Crippen LogP contribution >= 0.6 is 15.9 Å². The van der Waals surface area contributed by atoms with Gasteiger partial charge in [0.2, 0.25) is 0 Å².